The molecule has 1 fully saturated rings. The molecule has 33 heavy (non-hydrogen) atoms. The van der Waals surface area contributed by atoms with Gasteiger partial charge < -0.3 is 9.47 Å². The van der Waals surface area contributed by atoms with Crippen molar-refractivity contribution in [3.63, 3.8) is 0 Å². The van der Waals surface area contributed by atoms with Crippen LogP contribution >= 0.6 is 34.4 Å². The van der Waals surface area contributed by atoms with Gasteiger partial charge in [0.05, 0.1) is 22.8 Å². The van der Waals surface area contributed by atoms with E-state index in [9.17, 15) is 14.4 Å². The molecule has 166 valence electrons. The Morgan fingerprint density at radius 2 is 1.73 bits per heavy atom. The van der Waals surface area contributed by atoms with Crippen molar-refractivity contribution in [2.24, 2.45) is 0 Å². The number of carbonyl (C=O) groups excluding carboxylic acids is 3. The third kappa shape index (κ3) is 5.12. The predicted molar refractivity (Wildman–Crippen MR) is 137 cm³/mol. The van der Waals surface area contributed by atoms with E-state index in [1.165, 1.54) is 0 Å². The molecule has 0 bridgehead atoms. The lowest BCUT2D eigenvalue weighted by Gasteiger charge is -2.12. The van der Waals surface area contributed by atoms with Gasteiger partial charge in [-0.15, -0.1) is 0 Å². The molecule has 6 nitrogen and oxygen atoms in total. The van der Waals surface area contributed by atoms with Gasteiger partial charge in [-0.25, -0.2) is 9.69 Å². The van der Waals surface area contributed by atoms with Gasteiger partial charge in [-0.1, -0.05) is 36.4 Å². The highest BCUT2D eigenvalue weighted by molar-refractivity contribution is 14.1. The summed E-state index contributed by atoms with van der Waals surface area (Å²) >= 11 is 2.96. The summed E-state index contributed by atoms with van der Waals surface area (Å²) in [6, 6.07) is 20.9. The average Bonchev–Trinajstić information content (AvgIpc) is 3.09. The molecule has 2 amide bonds. The Bertz CT molecular complexity index is 1260. The first kappa shape index (κ1) is 23.1. The number of anilines is 1. The van der Waals surface area contributed by atoms with Crippen LogP contribution in [0.4, 0.5) is 10.5 Å². The Morgan fingerprint density at radius 3 is 2.45 bits per heavy atom. The van der Waals surface area contributed by atoms with Gasteiger partial charge in [0.1, 0.15) is 0 Å². The van der Waals surface area contributed by atoms with Crippen molar-refractivity contribution in [1.82, 2.24) is 0 Å². The summed E-state index contributed by atoms with van der Waals surface area (Å²) in [5.74, 6) is -0.232. The monoisotopic (exact) mass is 571 g/mol. The van der Waals surface area contributed by atoms with E-state index in [0.29, 0.717) is 34.1 Å². The number of halogens is 1. The second kappa shape index (κ2) is 10.2. The van der Waals surface area contributed by atoms with Crippen molar-refractivity contribution >= 4 is 63.2 Å². The largest absolute Gasteiger partial charge is 0.490 e. The standard InChI is InChI=1S/C25H18INO5S/c1-2-31-21-14-16(12-13-20(21)32-24(29)18-10-6-7-11-19(18)26)15-22-23(28)27(25(30)33-22)17-8-4-3-5-9-17/h3-15H,2H2,1H3/b22-15-. The van der Waals surface area contributed by atoms with Gasteiger partial charge >= 0.3 is 5.97 Å². The fourth-order valence-electron chi connectivity index (χ4n) is 3.17. The molecule has 1 aliphatic rings. The number of carbonyl (C=O) groups is 3. The third-order valence-electron chi connectivity index (χ3n) is 4.67. The minimum absolute atomic E-state index is 0.274. The molecular weight excluding hydrogens is 553 g/mol. The Labute approximate surface area is 208 Å². The zero-order valence-corrected chi connectivity index (χ0v) is 20.5. The Morgan fingerprint density at radius 1 is 1.00 bits per heavy atom. The lowest BCUT2D eigenvalue weighted by atomic mass is 10.1. The van der Waals surface area contributed by atoms with Crippen molar-refractivity contribution in [2.75, 3.05) is 11.5 Å². The first-order valence-electron chi connectivity index (χ1n) is 10.0. The van der Waals surface area contributed by atoms with E-state index in [4.69, 9.17) is 9.47 Å². The number of hydrogen-bond acceptors (Lipinski definition) is 6. The number of benzene rings is 3. The maximum atomic E-state index is 12.8. The van der Waals surface area contributed by atoms with E-state index >= 15 is 0 Å². The molecule has 0 aromatic heterocycles. The summed E-state index contributed by atoms with van der Waals surface area (Å²) in [7, 11) is 0. The second-order valence-electron chi connectivity index (χ2n) is 6.86. The van der Waals surface area contributed by atoms with Crippen LogP contribution in [0, 0.1) is 3.57 Å². The highest BCUT2D eigenvalue weighted by Crippen LogP contribution is 2.37. The van der Waals surface area contributed by atoms with Crippen LogP contribution < -0.4 is 14.4 Å². The SMILES string of the molecule is CCOc1cc(/C=C2\SC(=O)N(c3ccccc3)C2=O)ccc1OC(=O)c1ccccc1I. The molecule has 3 aromatic rings. The van der Waals surface area contributed by atoms with Gasteiger partial charge in [0, 0.05) is 3.57 Å². The summed E-state index contributed by atoms with van der Waals surface area (Å²) in [5.41, 5.74) is 1.63. The minimum atomic E-state index is -0.488. The Hall–Kier alpha value is -3.11. The van der Waals surface area contributed by atoms with Crippen molar-refractivity contribution in [3.8, 4) is 11.5 Å². The van der Waals surface area contributed by atoms with Gasteiger partial charge in [-0.3, -0.25) is 9.59 Å². The molecule has 0 unspecified atom stereocenters. The average molecular weight is 571 g/mol. The highest BCUT2D eigenvalue weighted by atomic mass is 127. The molecule has 0 N–H and O–H groups in total. The van der Waals surface area contributed by atoms with E-state index in [1.54, 1.807) is 60.7 Å². The predicted octanol–water partition coefficient (Wildman–Crippen LogP) is 6.15. The van der Waals surface area contributed by atoms with Crippen LogP contribution in [0.3, 0.4) is 0 Å². The topological polar surface area (TPSA) is 72.9 Å². The number of imide groups is 1. The zero-order valence-electron chi connectivity index (χ0n) is 17.5. The molecule has 8 heteroatoms. The normalized spacial score (nSPS) is 14.6. The van der Waals surface area contributed by atoms with Crippen LogP contribution in [0.1, 0.15) is 22.8 Å². The van der Waals surface area contributed by atoms with Gasteiger partial charge in [-0.2, -0.15) is 0 Å². The molecule has 1 saturated heterocycles. The van der Waals surface area contributed by atoms with Crippen molar-refractivity contribution < 1.29 is 23.9 Å². The number of nitrogens with zero attached hydrogens (tertiary/aromatic N) is 1. The maximum Gasteiger partial charge on any atom is 0.344 e. The number of esters is 1. The van der Waals surface area contributed by atoms with Crippen molar-refractivity contribution in [2.45, 2.75) is 6.92 Å². The minimum Gasteiger partial charge on any atom is -0.490 e. The molecule has 0 radical (unpaired) electrons. The second-order valence-corrected chi connectivity index (χ2v) is 9.02. The Kier molecular flexibility index (Phi) is 7.14. The summed E-state index contributed by atoms with van der Waals surface area (Å²) < 4.78 is 12.0. The van der Waals surface area contributed by atoms with Crippen LogP contribution in [0.5, 0.6) is 11.5 Å². The number of ether oxygens (including phenoxy) is 2. The summed E-state index contributed by atoms with van der Waals surface area (Å²) in [5, 5.41) is -0.356. The first-order valence-corrected chi connectivity index (χ1v) is 11.9. The van der Waals surface area contributed by atoms with E-state index in [0.717, 1.165) is 20.2 Å². The Balaban J connectivity index is 1.59. The van der Waals surface area contributed by atoms with Crippen LogP contribution in [0.25, 0.3) is 6.08 Å². The van der Waals surface area contributed by atoms with E-state index in [1.807, 2.05) is 25.1 Å². The van der Waals surface area contributed by atoms with Crippen molar-refractivity contribution in [1.29, 1.82) is 0 Å². The number of amides is 2. The first-order chi connectivity index (χ1) is 16.0. The van der Waals surface area contributed by atoms with Gasteiger partial charge in [0.15, 0.2) is 11.5 Å². The van der Waals surface area contributed by atoms with E-state index in [-0.39, 0.29) is 16.9 Å². The van der Waals surface area contributed by atoms with Crippen molar-refractivity contribution in [3.05, 3.63) is 92.4 Å². The molecule has 1 heterocycles. The van der Waals surface area contributed by atoms with Crippen LogP contribution in [-0.4, -0.2) is 23.7 Å². The fraction of sp³-hybridized carbons (Fsp3) is 0.0800. The number of para-hydroxylation sites is 1. The number of hydrogen-bond donors (Lipinski definition) is 0. The van der Waals surface area contributed by atoms with Gasteiger partial charge in [-0.05, 0) is 89.3 Å². The molecule has 0 aliphatic carbocycles. The molecule has 0 atom stereocenters. The molecule has 1 aliphatic heterocycles. The molecule has 3 aromatic carbocycles. The third-order valence-corrected chi connectivity index (χ3v) is 6.48. The summed E-state index contributed by atoms with van der Waals surface area (Å²) in [6.07, 6.45) is 1.63. The molecule has 0 spiro atoms. The maximum absolute atomic E-state index is 12.8. The number of rotatable bonds is 6. The van der Waals surface area contributed by atoms with E-state index in [2.05, 4.69) is 22.6 Å². The molecule has 0 saturated carbocycles. The molecular formula is C25H18INO5S. The number of thioether (sulfide) groups is 1. The summed E-state index contributed by atoms with van der Waals surface area (Å²) in [6.45, 7) is 2.19. The van der Waals surface area contributed by atoms with Crippen LogP contribution in [0.15, 0.2) is 77.7 Å². The quantitative estimate of drug-likeness (QED) is 0.153. The highest BCUT2D eigenvalue weighted by Gasteiger charge is 2.36. The lowest BCUT2D eigenvalue weighted by molar-refractivity contribution is -0.113. The zero-order chi connectivity index (χ0) is 23.4. The van der Waals surface area contributed by atoms with Gasteiger partial charge in [0.2, 0.25) is 0 Å². The van der Waals surface area contributed by atoms with Gasteiger partial charge in [0.25, 0.3) is 11.1 Å². The molecule has 4 rings (SSSR count). The van der Waals surface area contributed by atoms with Crippen LogP contribution in [0.2, 0.25) is 0 Å². The van der Waals surface area contributed by atoms with E-state index < -0.39 is 5.97 Å². The fourth-order valence-corrected chi connectivity index (χ4v) is 4.62. The smallest absolute Gasteiger partial charge is 0.344 e. The summed E-state index contributed by atoms with van der Waals surface area (Å²) in [4.78, 5) is 39.4. The lowest BCUT2D eigenvalue weighted by Crippen LogP contribution is -2.27. The van der Waals surface area contributed by atoms with Crippen LogP contribution in [-0.2, 0) is 4.79 Å².